The Morgan fingerprint density at radius 2 is 2.15 bits per heavy atom. The minimum absolute atomic E-state index is 0.0191. The van der Waals surface area contributed by atoms with Crippen LogP contribution >= 0.6 is 0 Å². The summed E-state index contributed by atoms with van der Waals surface area (Å²) in [5.41, 5.74) is 6.11. The van der Waals surface area contributed by atoms with Crippen molar-refractivity contribution in [2.24, 2.45) is 5.73 Å². The SMILES string of the molecule is CCOC(=O)CC(N)c1ccc(OCC(F)(F)F)cn1. The van der Waals surface area contributed by atoms with E-state index in [2.05, 4.69) is 9.72 Å². The van der Waals surface area contributed by atoms with Gasteiger partial charge >= 0.3 is 12.1 Å². The fraction of sp³-hybridized carbons (Fsp3) is 0.500. The Labute approximate surface area is 113 Å². The average Bonchev–Trinajstić information content (AvgIpc) is 2.36. The van der Waals surface area contributed by atoms with Gasteiger partial charge in [-0.3, -0.25) is 9.78 Å². The number of carbonyl (C=O) groups is 1. The largest absolute Gasteiger partial charge is 0.483 e. The number of aromatic nitrogens is 1. The first kappa shape index (κ1) is 16.2. The molecule has 0 aliphatic carbocycles. The van der Waals surface area contributed by atoms with E-state index >= 15 is 0 Å². The molecule has 2 N–H and O–H groups in total. The van der Waals surface area contributed by atoms with E-state index in [0.29, 0.717) is 5.69 Å². The topological polar surface area (TPSA) is 74.4 Å². The highest BCUT2D eigenvalue weighted by Gasteiger charge is 2.28. The zero-order valence-corrected chi connectivity index (χ0v) is 10.8. The third-order valence-electron chi connectivity index (χ3n) is 2.23. The lowest BCUT2D eigenvalue weighted by molar-refractivity contribution is -0.153. The highest BCUT2D eigenvalue weighted by molar-refractivity contribution is 5.70. The van der Waals surface area contributed by atoms with Crippen molar-refractivity contribution in [2.75, 3.05) is 13.2 Å². The molecule has 0 aromatic carbocycles. The molecule has 1 atom stereocenters. The van der Waals surface area contributed by atoms with Crippen LogP contribution in [-0.4, -0.2) is 30.3 Å². The number of hydrogen-bond donors (Lipinski definition) is 1. The lowest BCUT2D eigenvalue weighted by Crippen LogP contribution is -2.20. The second-order valence-electron chi connectivity index (χ2n) is 3.94. The van der Waals surface area contributed by atoms with E-state index in [0.717, 1.165) is 6.20 Å². The van der Waals surface area contributed by atoms with Gasteiger partial charge in [-0.05, 0) is 19.1 Å². The number of ether oxygens (including phenoxy) is 2. The van der Waals surface area contributed by atoms with Crippen molar-refractivity contribution in [3.8, 4) is 5.75 Å². The Balaban J connectivity index is 2.55. The zero-order chi connectivity index (χ0) is 15.2. The van der Waals surface area contributed by atoms with Gasteiger partial charge in [0, 0.05) is 0 Å². The maximum Gasteiger partial charge on any atom is 0.422 e. The second kappa shape index (κ2) is 7.09. The molecule has 0 spiro atoms. The van der Waals surface area contributed by atoms with Gasteiger partial charge in [-0.1, -0.05) is 0 Å². The van der Waals surface area contributed by atoms with Crippen LogP contribution in [0.2, 0.25) is 0 Å². The molecule has 1 heterocycles. The van der Waals surface area contributed by atoms with Crippen molar-refractivity contribution in [3.05, 3.63) is 24.0 Å². The Hall–Kier alpha value is -1.83. The van der Waals surface area contributed by atoms with E-state index in [-0.39, 0.29) is 18.8 Å². The van der Waals surface area contributed by atoms with Crippen LogP contribution in [0.15, 0.2) is 18.3 Å². The zero-order valence-electron chi connectivity index (χ0n) is 10.8. The molecule has 0 aliphatic rings. The first-order valence-electron chi connectivity index (χ1n) is 5.88. The lowest BCUT2D eigenvalue weighted by Gasteiger charge is -2.12. The van der Waals surface area contributed by atoms with Crippen molar-refractivity contribution >= 4 is 5.97 Å². The molecule has 112 valence electrons. The molecule has 0 bridgehead atoms. The van der Waals surface area contributed by atoms with Crippen molar-refractivity contribution in [3.63, 3.8) is 0 Å². The van der Waals surface area contributed by atoms with Gasteiger partial charge in [0.15, 0.2) is 6.61 Å². The van der Waals surface area contributed by atoms with Gasteiger partial charge in [-0.15, -0.1) is 0 Å². The monoisotopic (exact) mass is 292 g/mol. The van der Waals surface area contributed by atoms with Crippen molar-refractivity contribution < 1.29 is 27.4 Å². The molecular weight excluding hydrogens is 277 g/mol. The number of halogens is 3. The van der Waals surface area contributed by atoms with Crippen molar-refractivity contribution in [1.82, 2.24) is 4.98 Å². The molecule has 8 heteroatoms. The maximum absolute atomic E-state index is 11.9. The van der Waals surface area contributed by atoms with Crippen molar-refractivity contribution in [1.29, 1.82) is 0 Å². The summed E-state index contributed by atoms with van der Waals surface area (Å²) in [5, 5.41) is 0. The Bertz CT molecular complexity index is 435. The smallest absolute Gasteiger partial charge is 0.422 e. The molecule has 1 unspecified atom stereocenters. The fourth-order valence-electron chi connectivity index (χ4n) is 1.37. The summed E-state index contributed by atoms with van der Waals surface area (Å²) < 4.78 is 45.1. The number of nitrogens with two attached hydrogens (primary N) is 1. The second-order valence-corrected chi connectivity index (χ2v) is 3.94. The van der Waals surface area contributed by atoms with Gasteiger partial charge in [0.1, 0.15) is 5.75 Å². The molecule has 0 radical (unpaired) electrons. The standard InChI is InChI=1S/C12H15F3N2O3/c1-2-19-11(18)5-9(16)10-4-3-8(6-17-10)20-7-12(13,14)15/h3-4,6,9H,2,5,7,16H2,1H3. The van der Waals surface area contributed by atoms with Crippen LogP contribution in [0.3, 0.4) is 0 Å². The highest BCUT2D eigenvalue weighted by atomic mass is 19.4. The molecule has 0 saturated carbocycles. The summed E-state index contributed by atoms with van der Waals surface area (Å²) in [6.07, 6.45) is -3.32. The Morgan fingerprint density at radius 3 is 2.65 bits per heavy atom. The number of carbonyl (C=O) groups excluding carboxylic acids is 1. The lowest BCUT2D eigenvalue weighted by atomic mass is 10.1. The normalized spacial score (nSPS) is 12.8. The summed E-state index contributed by atoms with van der Waals surface area (Å²) in [5.74, 6) is -0.478. The summed E-state index contributed by atoms with van der Waals surface area (Å²) in [7, 11) is 0. The number of nitrogens with zero attached hydrogens (tertiary/aromatic N) is 1. The van der Waals surface area contributed by atoms with Crippen molar-refractivity contribution in [2.45, 2.75) is 25.6 Å². The molecule has 5 nitrogen and oxygen atoms in total. The molecule has 0 amide bonds. The third kappa shape index (κ3) is 5.87. The van der Waals surface area contributed by atoms with Crippen LogP contribution in [0.4, 0.5) is 13.2 Å². The van der Waals surface area contributed by atoms with E-state index in [9.17, 15) is 18.0 Å². The van der Waals surface area contributed by atoms with E-state index < -0.39 is 24.8 Å². The van der Waals surface area contributed by atoms with Crippen LogP contribution in [-0.2, 0) is 9.53 Å². The van der Waals surface area contributed by atoms with Gasteiger partial charge in [-0.2, -0.15) is 13.2 Å². The molecule has 1 rings (SSSR count). The van der Waals surface area contributed by atoms with E-state index in [1.807, 2.05) is 0 Å². The molecule has 20 heavy (non-hydrogen) atoms. The van der Waals surface area contributed by atoms with Crippen LogP contribution in [0.1, 0.15) is 25.1 Å². The summed E-state index contributed by atoms with van der Waals surface area (Å²) in [4.78, 5) is 15.1. The number of esters is 1. The van der Waals surface area contributed by atoms with Gasteiger partial charge in [0.25, 0.3) is 0 Å². The number of hydrogen-bond acceptors (Lipinski definition) is 5. The minimum atomic E-state index is -4.40. The molecule has 1 aromatic rings. The number of alkyl halides is 3. The summed E-state index contributed by atoms with van der Waals surface area (Å²) in [6, 6.07) is 2.06. The molecular formula is C12H15F3N2O3. The minimum Gasteiger partial charge on any atom is -0.483 e. The Kier molecular flexibility index (Phi) is 5.75. The van der Waals surface area contributed by atoms with Gasteiger partial charge < -0.3 is 15.2 Å². The molecule has 0 saturated heterocycles. The van der Waals surface area contributed by atoms with Crippen LogP contribution in [0.25, 0.3) is 0 Å². The van der Waals surface area contributed by atoms with Gasteiger partial charge in [-0.25, -0.2) is 0 Å². The van der Waals surface area contributed by atoms with E-state index in [1.165, 1.54) is 12.1 Å². The van der Waals surface area contributed by atoms with Crippen LogP contribution in [0, 0.1) is 0 Å². The first-order chi connectivity index (χ1) is 9.31. The van der Waals surface area contributed by atoms with E-state index in [1.54, 1.807) is 6.92 Å². The van der Waals surface area contributed by atoms with Crippen LogP contribution < -0.4 is 10.5 Å². The maximum atomic E-state index is 11.9. The van der Waals surface area contributed by atoms with Gasteiger partial charge in [0.05, 0.1) is 31.0 Å². The van der Waals surface area contributed by atoms with Crippen LogP contribution in [0.5, 0.6) is 5.75 Å². The fourth-order valence-corrected chi connectivity index (χ4v) is 1.37. The molecule has 0 fully saturated rings. The third-order valence-corrected chi connectivity index (χ3v) is 2.23. The molecule has 1 aromatic heterocycles. The average molecular weight is 292 g/mol. The molecule has 0 aliphatic heterocycles. The number of pyridine rings is 1. The predicted octanol–water partition coefficient (Wildman–Crippen LogP) is 1.98. The number of rotatable bonds is 6. The highest BCUT2D eigenvalue weighted by Crippen LogP contribution is 2.19. The van der Waals surface area contributed by atoms with E-state index in [4.69, 9.17) is 10.5 Å². The first-order valence-corrected chi connectivity index (χ1v) is 5.88. The predicted molar refractivity (Wildman–Crippen MR) is 64.0 cm³/mol. The Morgan fingerprint density at radius 1 is 1.45 bits per heavy atom. The summed E-state index contributed by atoms with van der Waals surface area (Å²) in [6.45, 7) is 0.542. The quantitative estimate of drug-likeness (QED) is 0.811. The van der Waals surface area contributed by atoms with Gasteiger partial charge in [0.2, 0.25) is 0 Å². The summed E-state index contributed by atoms with van der Waals surface area (Å²) >= 11 is 0.